The zero-order chi connectivity index (χ0) is 13.5. The highest BCUT2D eigenvalue weighted by molar-refractivity contribution is 5.94. The van der Waals surface area contributed by atoms with E-state index in [1.54, 1.807) is 31.4 Å². The fourth-order valence-corrected chi connectivity index (χ4v) is 1.30. The lowest BCUT2D eigenvalue weighted by atomic mass is 10.1. The Balaban J connectivity index is 2.54. The fourth-order valence-electron chi connectivity index (χ4n) is 1.30. The number of hydrogen-bond donors (Lipinski definition) is 3. The minimum Gasteiger partial charge on any atom is -0.479 e. The number of amides is 1. The third-order valence-corrected chi connectivity index (χ3v) is 2.27. The minimum absolute atomic E-state index is 0.325. The molecule has 0 aliphatic carbocycles. The molecule has 0 heterocycles. The molecule has 0 spiro atoms. The topological polar surface area (TPSA) is 95.9 Å². The van der Waals surface area contributed by atoms with E-state index in [-0.39, 0.29) is 6.54 Å². The van der Waals surface area contributed by atoms with E-state index >= 15 is 0 Å². The van der Waals surface area contributed by atoms with Crippen molar-refractivity contribution in [1.82, 2.24) is 5.32 Å². The molecular weight excluding hydrogens is 238 g/mol. The van der Waals surface area contributed by atoms with Crippen LogP contribution in [0.1, 0.15) is 15.9 Å². The first-order valence-corrected chi connectivity index (χ1v) is 5.31. The zero-order valence-corrected chi connectivity index (χ0v) is 9.92. The van der Waals surface area contributed by atoms with Gasteiger partial charge in [-0.2, -0.15) is 0 Å². The van der Waals surface area contributed by atoms with Gasteiger partial charge < -0.3 is 20.3 Å². The predicted molar refractivity (Wildman–Crippen MR) is 63.1 cm³/mol. The molecule has 1 aromatic rings. The molecule has 0 saturated carbocycles. The molecule has 0 radical (unpaired) electrons. The third-order valence-electron chi connectivity index (χ3n) is 2.27. The van der Waals surface area contributed by atoms with E-state index in [0.717, 1.165) is 5.56 Å². The molecule has 0 aliphatic heterocycles. The van der Waals surface area contributed by atoms with Crippen molar-refractivity contribution in [3.8, 4) is 0 Å². The first kappa shape index (κ1) is 14.1. The summed E-state index contributed by atoms with van der Waals surface area (Å²) >= 11 is 0. The van der Waals surface area contributed by atoms with Gasteiger partial charge in [0.25, 0.3) is 5.91 Å². The van der Waals surface area contributed by atoms with Crippen LogP contribution in [0.2, 0.25) is 0 Å². The average Bonchev–Trinajstić information content (AvgIpc) is 2.36. The molecule has 1 aromatic carbocycles. The van der Waals surface area contributed by atoms with Crippen LogP contribution in [0.5, 0.6) is 0 Å². The van der Waals surface area contributed by atoms with E-state index in [1.807, 2.05) is 0 Å². The number of hydrogen-bond acceptors (Lipinski definition) is 4. The summed E-state index contributed by atoms with van der Waals surface area (Å²) in [5.41, 5.74) is 1.33. The maximum absolute atomic E-state index is 11.6. The average molecular weight is 253 g/mol. The first-order valence-electron chi connectivity index (χ1n) is 5.31. The Morgan fingerprint density at radius 3 is 2.44 bits per heavy atom. The molecule has 0 aliphatic rings. The van der Waals surface area contributed by atoms with Gasteiger partial charge in [0.2, 0.25) is 0 Å². The van der Waals surface area contributed by atoms with Crippen LogP contribution in [-0.2, 0) is 16.1 Å². The molecule has 0 saturated heterocycles. The lowest BCUT2D eigenvalue weighted by Gasteiger charge is -2.08. The van der Waals surface area contributed by atoms with Gasteiger partial charge in [0.15, 0.2) is 6.10 Å². The number of carbonyl (C=O) groups is 2. The lowest BCUT2D eigenvalue weighted by molar-refractivity contribution is -0.146. The Hall–Kier alpha value is -1.92. The van der Waals surface area contributed by atoms with Crippen LogP contribution in [0.15, 0.2) is 24.3 Å². The van der Waals surface area contributed by atoms with Gasteiger partial charge in [-0.25, -0.2) is 4.79 Å². The second kappa shape index (κ2) is 6.73. The van der Waals surface area contributed by atoms with Crippen LogP contribution in [-0.4, -0.2) is 41.8 Å². The summed E-state index contributed by atoms with van der Waals surface area (Å²) in [7, 11) is 1.58. The van der Waals surface area contributed by atoms with Gasteiger partial charge in [-0.1, -0.05) is 12.1 Å². The van der Waals surface area contributed by atoms with Gasteiger partial charge in [0.05, 0.1) is 13.2 Å². The standard InChI is InChI=1S/C12H15NO5/c1-18-7-8-2-4-9(5-3-8)11(15)13-6-10(14)12(16)17/h2-5,10,14H,6-7H2,1H3,(H,13,15)(H,16,17)/t10-/m0/s1. The SMILES string of the molecule is COCc1ccc(C(=O)NC[C@H](O)C(=O)O)cc1. The summed E-state index contributed by atoms with van der Waals surface area (Å²) in [5.74, 6) is -1.80. The molecule has 6 nitrogen and oxygen atoms in total. The molecule has 0 unspecified atom stereocenters. The molecule has 0 bridgehead atoms. The second-order valence-electron chi connectivity index (χ2n) is 3.69. The Morgan fingerprint density at radius 2 is 1.94 bits per heavy atom. The van der Waals surface area contributed by atoms with Gasteiger partial charge in [-0.05, 0) is 17.7 Å². The number of aliphatic carboxylic acids is 1. The summed E-state index contributed by atoms with van der Waals surface area (Å²) in [5, 5.41) is 19.8. The summed E-state index contributed by atoms with van der Waals surface area (Å²) in [6, 6.07) is 6.70. The van der Waals surface area contributed by atoms with E-state index in [1.165, 1.54) is 0 Å². The van der Waals surface area contributed by atoms with Gasteiger partial charge in [-0.3, -0.25) is 4.79 Å². The highest BCUT2D eigenvalue weighted by Gasteiger charge is 2.14. The van der Waals surface area contributed by atoms with Crippen LogP contribution in [0.4, 0.5) is 0 Å². The van der Waals surface area contributed by atoms with Crippen molar-refractivity contribution in [3.05, 3.63) is 35.4 Å². The van der Waals surface area contributed by atoms with Crippen molar-refractivity contribution >= 4 is 11.9 Å². The lowest BCUT2D eigenvalue weighted by Crippen LogP contribution is -2.36. The Labute approximate surface area is 104 Å². The molecule has 0 aromatic heterocycles. The van der Waals surface area contributed by atoms with Crippen LogP contribution >= 0.6 is 0 Å². The number of carbonyl (C=O) groups excluding carboxylic acids is 1. The number of aliphatic hydroxyl groups is 1. The van der Waals surface area contributed by atoms with Crippen molar-refractivity contribution in [2.75, 3.05) is 13.7 Å². The number of ether oxygens (including phenoxy) is 1. The maximum atomic E-state index is 11.6. The normalized spacial score (nSPS) is 11.9. The highest BCUT2D eigenvalue weighted by atomic mass is 16.5. The summed E-state index contributed by atoms with van der Waals surface area (Å²) in [6.45, 7) is 0.133. The van der Waals surface area contributed by atoms with Gasteiger partial charge >= 0.3 is 5.97 Å². The minimum atomic E-state index is -1.60. The maximum Gasteiger partial charge on any atom is 0.334 e. The molecule has 1 rings (SSSR count). The summed E-state index contributed by atoms with van der Waals surface area (Å²) in [4.78, 5) is 21.9. The number of benzene rings is 1. The van der Waals surface area contributed by atoms with Gasteiger partial charge in [-0.15, -0.1) is 0 Å². The molecule has 3 N–H and O–H groups in total. The van der Waals surface area contributed by atoms with Crippen LogP contribution in [0, 0.1) is 0 Å². The van der Waals surface area contributed by atoms with Crippen LogP contribution in [0.25, 0.3) is 0 Å². The van der Waals surface area contributed by atoms with Gasteiger partial charge in [0.1, 0.15) is 0 Å². The van der Waals surface area contributed by atoms with Crippen molar-refractivity contribution < 1.29 is 24.5 Å². The van der Waals surface area contributed by atoms with E-state index in [9.17, 15) is 9.59 Å². The predicted octanol–water partition coefficient (Wildman–Crippen LogP) is 0.00830. The van der Waals surface area contributed by atoms with E-state index in [2.05, 4.69) is 5.32 Å². The molecular formula is C12H15NO5. The molecule has 1 atom stereocenters. The molecule has 6 heteroatoms. The van der Waals surface area contributed by atoms with Crippen LogP contribution in [0.3, 0.4) is 0 Å². The molecule has 18 heavy (non-hydrogen) atoms. The van der Waals surface area contributed by atoms with E-state index in [4.69, 9.17) is 14.9 Å². The fraction of sp³-hybridized carbons (Fsp3) is 0.333. The largest absolute Gasteiger partial charge is 0.479 e. The van der Waals surface area contributed by atoms with Crippen molar-refractivity contribution in [2.24, 2.45) is 0 Å². The smallest absolute Gasteiger partial charge is 0.334 e. The van der Waals surface area contributed by atoms with E-state index < -0.39 is 18.0 Å². The highest BCUT2D eigenvalue weighted by Crippen LogP contribution is 2.05. The Kier molecular flexibility index (Phi) is 5.29. The second-order valence-corrected chi connectivity index (χ2v) is 3.69. The van der Waals surface area contributed by atoms with Crippen molar-refractivity contribution in [1.29, 1.82) is 0 Å². The number of carboxylic acids is 1. The van der Waals surface area contributed by atoms with E-state index in [0.29, 0.717) is 12.2 Å². The molecule has 98 valence electrons. The van der Waals surface area contributed by atoms with Crippen LogP contribution < -0.4 is 5.32 Å². The quantitative estimate of drug-likeness (QED) is 0.663. The summed E-state index contributed by atoms with van der Waals surface area (Å²) in [6.07, 6.45) is -1.60. The van der Waals surface area contributed by atoms with Crippen molar-refractivity contribution in [2.45, 2.75) is 12.7 Å². The number of rotatable bonds is 6. The molecule has 0 fully saturated rings. The Morgan fingerprint density at radius 1 is 1.33 bits per heavy atom. The zero-order valence-electron chi connectivity index (χ0n) is 9.92. The Bertz CT molecular complexity index is 415. The number of aliphatic hydroxyl groups excluding tert-OH is 1. The van der Waals surface area contributed by atoms with Gasteiger partial charge in [0, 0.05) is 12.7 Å². The van der Waals surface area contributed by atoms with Crippen molar-refractivity contribution in [3.63, 3.8) is 0 Å². The first-order chi connectivity index (χ1) is 8.54. The summed E-state index contributed by atoms with van der Waals surface area (Å²) < 4.78 is 4.93. The number of nitrogens with one attached hydrogen (secondary N) is 1. The monoisotopic (exact) mass is 253 g/mol. The third kappa shape index (κ3) is 4.15. The number of carboxylic acid groups (broad SMARTS) is 1. The number of methoxy groups -OCH3 is 1. The molecule has 1 amide bonds.